The number of ether oxygens (including phenoxy) is 2. The molecular weight excluding hydrogens is 342 g/mol. The van der Waals surface area contributed by atoms with Crippen LogP contribution in [0.25, 0.3) is 0 Å². The van der Waals surface area contributed by atoms with Crippen LogP contribution >= 0.6 is 0 Å². The van der Waals surface area contributed by atoms with Crippen molar-refractivity contribution in [2.24, 2.45) is 5.92 Å². The van der Waals surface area contributed by atoms with Crippen molar-refractivity contribution in [3.63, 3.8) is 0 Å². The van der Waals surface area contributed by atoms with Gasteiger partial charge in [-0.2, -0.15) is 0 Å². The Hall–Kier alpha value is -1.28. The van der Waals surface area contributed by atoms with Gasteiger partial charge in [0.25, 0.3) is 0 Å². The van der Waals surface area contributed by atoms with Crippen molar-refractivity contribution < 1.29 is 9.47 Å². The van der Waals surface area contributed by atoms with E-state index in [1.807, 2.05) is 0 Å². The number of hydrogen-bond acceptors (Lipinski definition) is 7. The maximum atomic E-state index is 6.12. The van der Waals surface area contributed by atoms with Crippen LogP contribution in [0.15, 0.2) is 12.4 Å². The molecule has 0 radical (unpaired) electrons. The largest absolute Gasteiger partial charge is 0.380 e. The molecule has 7 nitrogen and oxygen atoms in total. The van der Waals surface area contributed by atoms with E-state index in [1.165, 1.54) is 0 Å². The Labute approximate surface area is 162 Å². The Balaban J connectivity index is 1.48. The molecule has 1 aromatic heterocycles. The van der Waals surface area contributed by atoms with Crippen LogP contribution in [0.3, 0.4) is 0 Å². The summed E-state index contributed by atoms with van der Waals surface area (Å²) < 4.78 is 11.7. The number of methoxy groups -OCH3 is 1. The molecule has 3 fully saturated rings. The zero-order valence-electron chi connectivity index (χ0n) is 16.7. The molecule has 0 bridgehead atoms. The third-order valence-electron chi connectivity index (χ3n) is 6.20. The van der Waals surface area contributed by atoms with Gasteiger partial charge in [0.05, 0.1) is 30.0 Å². The lowest BCUT2D eigenvalue weighted by molar-refractivity contribution is -0.0276. The van der Waals surface area contributed by atoms with E-state index in [4.69, 9.17) is 9.47 Å². The molecular formula is C20H33N5O2. The van der Waals surface area contributed by atoms with Crippen molar-refractivity contribution >= 4 is 5.82 Å². The second-order valence-corrected chi connectivity index (χ2v) is 8.40. The predicted molar refractivity (Wildman–Crippen MR) is 104 cm³/mol. The van der Waals surface area contributed by atoms with E-state index in [2.05, 4.69) is 45.6 Å². The highest BCUT2D eigenvalue weighted by Crippen LogP contribution is 2.39. The standard InChI is InChI=1S/C20H33N5O2/c1-13(2)27-14-6-7-17-16(9-14)20(24-23-17)18-10-19(22-12-21-18)25-8-4-5-15(11-25)26-3/h10,12-17,20,23-24H,4-9,11H2,1-3H3. The lowest BCUT2D eigenvalue weighted by atomic mass is 9.79. The van der Waals surface area contributed by atoms with E-state index >= 15 is 0 Å². The summed E-state index contributed by atoms with van der Waals surface area (Å²) in [6, 6.07) is 2.86. The number of anilines is 1. The molecule has 27 heavy (non-hydrogen) atoms. The van der Waals surface area contributed by atoms with Gasteiger partial charge in [-0.05, 0) is 46.0 Å². The summed E-state index contributed by atoms with van der Waals surface area (Å²) in [7, 11) is 1.80. The summed E-state index contributed by atoms with van der Waals surface area (Å²) in [5.74, 6) is 1.51. The second-order valence-electron chi connectivity index (χ2n) is 8.40. The van der Waals surface area contributed by atoms with E-state index in [9.17, 15) is 0 Å². The first-order chi connectivity index (χ1) is 13.1. The molecule has 3 aliphatic rings. The number of rotatable bonds is 5. The van der Waals surface area contributed by atoms with Gasteiger partial charge in [0.1, 0.15) is 12.1 Å². The molecule has 3 heterocycles. The maximum Gasteiger partial charge on any atom is 0.132 e. The quantitative estimate of drug-likeness (QED) is 0.817. The minimum absolute atomic E-state index is 0.207. The van der Waals surface area contributed by atoms with Gasteiger partial charge in [-0.3, -0.25) is 5.43 Å². The molecule has 0 aromatic carbocycles. The van der Waals surface area contributed by atoms with E-state index in [1.54, 1.807) is 13.4 Å². The van der Waals surface area contributed by atoms with E-state index in [-0.39, 0.29) is 12.1 Å². The summed E-state index contributed by atoms with van der Waals surface area (Å²) in [5, 5.41) is 0. The first-order valence-corrected chi connectivity index (χ1v) is 10.4. The molecule has 150 valence electrons. The van der Waals surface area contributed by atoms with Gasteiger partial charge in [0.2, 0.25) is 0 Å². The number of piperidine rings is 1. The Morgan fingerprint density at radius 2 is 2.04 bits per heavy atom. The molecule has 1 aromatic rings. The van der Waals surface area contributed by atoms with Crippen LogP contribution in [0.1, 0.15) is 57.7 Å². The molecule has 2 N–H and O–H groups in total. The molecule has 2 saturated heterocycles. The highest BCUT2D eigenvalue weighted by molar-refractivity contribution is 5.40. The van der Waals surface area contributed by atoms with Crippen LogP contribution in [0.5, 0.6) is 0 Å². The van der Waals surface area contributed by atoms with Gasteiger partial charge in [-0.15, -0.1) is 0 Å². The monoisotopic (exact) mass is 375 g/mol. The van der Waals surface area contributed by atoms with Crippen LogP contribution in [0.2, 0.25) is 0 Å². The molecule has 5 atom stereocenters. The van der Waals surface area contributed by atoms with Crippen LogP contribution in [-0.2, 0) is 9.47 Å². The van der Waals surface area contributed by atoms with Gasteiger partial charge in [-0.1, -0.05) is 0 Å². The third-order valence-corrected chi connectivity index (χ3v) is 6.20. The predicted octanol–water partition coefficient (Wildman–Crippen LogP) is 2.20. The molecule has 7 heteroatoms. The molecule has 4 rings (SSSR count). The Kier molecular flexibility index (Phi) is 5.92. The van der Waals surface area contributed by atoms with Crippen LogP contribution < -0.4 is 15.8 Å². The summed E-state index contributed by atoms with van der Waals surface area (Å²) in [6.07, 6.45) is 8.24. The molecule has 0 spiro atoms. The Bertz CT molecular complexity index is 628. The smallest absolute Gasteiger partial charge is 0.132 e. The highest BCUT2D eigenvalue weighted by atomic mass is 16.5. The lowest BCUT2D eigenvalue weighted by Crippen LogP contribution is -2.40. The van der Waals surface area contributed by atoms with Gasteiger partial charge in [-0.25, -0.2) is 15.4 Å². The minimum Gasteiger partial charge on any atom is -0.380 e. The number of nitrogens with one attached hydrogen (secondary N) is 2. The summed E-state index contributed by atoms with van der Waals surface area (Å²) in [5.41, 5.74) is 8.07. The molecule has 5 unspecified atom stereocenters. The Morgan fingerprint density at radius 1 is 1.15 bits per heavy atom. The fourth-order valence-electron chi connectivity index (χ4n) is 4.86. The fourth-order valence-corrected chi connectivity index (χ4v) is 4.86. The van der Waals surface area contributed by atoms with Gasteiger partial charge < -0.3 is 14.4 Å². The van der Waals surface area contributed by atoms with Crippen molar-refractivity contribution in [3.05, 3.63) is 18.1 Å². The fraction of sp³-hybridized carbons (Fsp3) is 0.800. The molecule has 2 aliphatic heterocycles. The van der Waals surface area contributed by atoms with Crippen LogP contribution in [0, 0.1) is 5.92 Å². The van der Waals surface area contributed by atoms with Crippen molar-refractivity contribution in [3.8, 4) is 0 Å². The Morgan fingerprint density at radius 3 is 2.85 bits per heavy atom. The van der Waals surface area contributed by atoms with Crippen molar-refractivity contribution in [2.75, 3.05) is 25.1 Å². The van der Waals surface area contributed by atoms with E-state index in [0.29, 0.717) is 24.2 Å². The van der Waals surface area contributed by atoms with Crippen molar-refractivity contribution in [1.82, 2.24) is 20.8 Å². The lowest BCUT2D eigenvalue weighted by Gasteiger charge is -2.34. The number of aromatic nitrogens is 2. The van der Waals surface area contributed by atoms with Crippen LogP contribution in [0.4, 0.5) is 5.82 Å². The topological polar surface area (TPSA) is 71.5 Å². The van der Waals surface area contributed by atoms with E-state index < -0.39 is 0 Å². The molecule has 0 amide bonds. The van der Waals surface area contributed by atoms with Gasteiger partial charge in [0, 0.05) is 38.2 Å². The number of hydrazine groups is 1. The first-order valence-electron chi connectivity index (χ1n) is 10.4. The van der Waals surface area contributed by atoms with Crippen molar-refractivity contribution in [2.45, 2.75) is 76.3 Å². The summed E-state index contributed by atoms with van der Waals surface area (Å²) >= 11 is 0. The normalized spacial score (nSPS) is 34.1. The van der Waals surface area contributed by atoms with E-state index in [0.717, 1.165) is 56.7 Å². The average molecular weight is 376 g/mol. The minimum atomic E-state index is 0.207. The maximum absolute atomic E-state index is 6.12. The van der Waals surface area contributed by atoms with Gasteiger partial charge in [0.15, 0.2) is 0 Å². The summed E-state index contributed by atoms with van der Waals surface area (Å²) in [4.78, 5) is 11.5. The second kappa shape index (κ2) is 8.39. The first kappa shape index (κ1) is 19.1. The zero-order chi connectivity index (χ0) is 18.8. The number of nitrogens with zero attached hydrogens (tertiary/aromatic N) is 3. The zero-order valence-corrected chi connectivity index (χ0v) is 16.7. The van der Waals surface area contributed by atoms with Gasteiger partial charge >= 0.3 is 0 Å². The number of hydrogen-bond donors (Lipinski definition) is 2. The average Bonchev–Trinajstić information content (AvgIpc) is 3.11. The van der Waals surface area contributed by atoms with Crippen LogP contribution in [-0.4, -0.2) is 54.5 Å². The molecule has 1 aliphatic carbocycles. The SMILES string of the molecule is COC1CCCN(c2cc(C3NNC4CCC(OC(C)C)CC43)ncn2)C1. The molecule has 1 saturated carbocycles. The summed E-state index contributed by atoms with van der Waals surface area (Å²) in [6.45, 7) is 6.18. The third kappa shape index (κ3) is 4.26. The van der Waals surface area contributed by atoms with Crippen molar-refractivity contribution in [1.29, 1.82) is 0 Å². The number of fused-ring (bicyclic) bond motifs is 1. The highest BCUT2D eigenvalue weighted by Gasteiger charge is 2.42.